The molecule has 0 saturated heterocycles. The molecule has 5 nitrogen and oxygen atoms in total. The van der Waals surface area contributed by atoms with Gasteiger partial charge in [-0.1, -0.05) is 6.92 Å². The summed E-state index contributed by atoms with van der Waals surface area (Å²) >= 11 is 0. The van der Waals surface area contributed by atoms with Crippen molar-refractivity contribution in [2.75, 3.05) is 13.7 Å². The molecule has 0 aromatic carbocycles. The minimum Gasteiger partial charge on any atom is -0.467 e. The number of ether oxygens (including phenoxy) is 1. The zero-order valence-corrected chi connectivity index (χ0v) is 9.79. The minimum atomic E-state index is -0.991. The number of amides is 1. The summed E-state index contributed by atoms with van der Waals surface area (Å²) < 4.78 is 4.58. The normalized spacial score (nSPS) is 13.1. The van der Waals surface area contributed by atoms with Crippen LogP contribution in [0.5, 0.6) is 0 Å². The van der Waals surface area contributed by atoms with Gasteiger partial charge in [0, 0.05) is 5.92 Å². The van der Waals surface area contributed by atoms with E-state index in [9.17, 15) is 9.59 Å². The van der Waals surface area contributed by atoms with Crippen LogP contribution in [0.1, 0.15) is 27.2 Å². The molecule has 0 aliphatic rings. The highest BCUT2D eigenvalue weighted by Crippen LogP contribution is 2.08. The lowest BCUT2D eigenvalue weighted by atomic mass is 10.0. The van der Waals surface area contributed by atoms with Gasteiger partial charge in [-0.05, 0) is 26.8 Å². The van der Waals surface area contributed by atoms with Crippen molar-refractivity contribution in [2.45, 2.75) is 32.7 Å². The van der Waals surface area contributed by atoms with Crippen LogP contribution in [-0.4, -0.2) is 31.1 Å². The molecular weight excluding hydrogens is 196 g/mol. The van der Waals surface area contributed by atoms with E-state index in [1.54, 1.807) is 20.8 Å². The number of nitrogens with one attached hydrogen (secondary N) is 1. The lowest BCUT2D eigenvalue weighted by Gasteiger charge is -2.24. The molecule has 0 aromatic rings. The van der Waals surface area contributed by atoms with Gasteiger partial charge in [0.15, 0.2) is 0 Å². The number of carbonyl (C=O) groups excluding carboxylic acids is 2. The first-order valence-corrected chi connectivity index (χ1v) is 4.95. The Morgan fingerprint density at radius 3 is 2.40 bits per heavy atom. The summed E-state index contributed by atoms with van der Waals surface area (Å²) in [6, 6.07) is 0. The van der Waals surface area contributed by atoms with E-state index in [0.29, 0.717) is 13.0 Å². The van der Waals surface area contributed by atoms with Crippen LogP contribution < -0.4 is 11.1 Å². The van der Waals surface area contributed by atoms with Gasteiger partial charge in [0.25, 0.3) is 0 Å². The topological polar surface area (TPSA) is 81.4 Å². The Morgan fingerprint density at radius 2 is 2.00 bits per heavy atom. The van der Waals surface area contributed by atoms with Crippen LogP contribution >= 0.6 is 0 Å². The Labute approximate surface area is 90.4 Å². The standard InChI is InChI=1S/C10H20N2O3/c1-7(5-6-11)8(13)12-10(2,3)9(14)15-4/h7H,5-6,11H2,1-4H3,(H,12,13). The molecule has 3 N–H and O–H groups in total. The van der Waals surface area contributed by atoms with E-state index in [-0.39, 0.29) is 11.8 Å². The monoisotopic (exact) mass is 216 g/mol. The number of esters is 1. The highest BCUT2D eigenvalue weighted by Gasteiger charge is 2.31. The summed E-state index contributed by atoms with van der Waals surface area (Å²) in [6.45, 7) is 5.43. The maximum atomic E-state index is 11.6. The van der Waals surface area contributed by atoms with E-state index < -0.39 is 11.5 Å². The molecule has 1 atom stereocenters. The van der Waals surface area contributed by atoms with Gasteiger partial charge in [0.05, 0.1) is 7.11 Å². The third-order valence-electron chi connectivity index (χ3n) is 2.18. The Kier molecular flexibility index (Phi) is 5.28. The lowest BCUT2D eigenvalue weighted by molar-refractivity contribution is -0.149. The predicted octanol–water partition coefficient (Wildman–Crippen LogP) is 0.0391. The van der Waals surface area contributed by atoms with Gasteiger partial charge in [-0.25, -0.2) is 4.79 Å². The van der Waals surface area contributed by atoms with Crippen molar-refractivity contribution >= 4 is 11.9 Å². The van der Waals surface area contributed by atoms with Crippen molar-refractivity contribution in [2.24, 2.45) is 11.7 Å². The van der Waals surface area contributed by atoms with Crippen molar-refractivity contribution in [1.82, 2.24) is 5.32 Å². The lowest BCUT2D eigenvalue weighted by Crippen LogP contribution is -2.52. The Bertz CT molecular complexity index is 239. The molecule has 0 aromatic heterocycles. The van der Waals surface area contributed by atoms with Crippen molar-refractivity contribution in [1.29, 1.82) is 0 Å². The van der Waals surface area contributed by atoms with Crippen LogP contribution in [-0.2, 0) is 14.3 Å². The fourth-order valence-electron chi connectivity index (χ4n) is 1.12. The van der Waals surface area contributed by atoms with E-state index in [2.05, 4.69) is 10.1 Å². The quantitative estimate of drug-likeness (QED) is 0.636. The molecule has 0 saturated carbocycles. The second-order valence-electron chi connectivity index (χ2n) is 4.08. The molecule has 0 bridgehead atoms. The second-order valence-corrected chi connectivity index (χ2v) is 4.08. The van der Waals surface area contributed by atoms with Crippen molar-refractivity contribution in [3.8, 4) is 0 Å². The largest absolute Gasteiger partial charge is 0.467 e. The zero-order chi connectivity index (χ0) is 12.1. The number of carbonyl (C=O) groups is 2. The molecule has 0 aliphatic carbocycles. The van der Waals surface area contributed by atoms with Crippen LogP contribution in [0, 0.1) is 5.92 Å². The summed E-state index contributed by atoms with van der Waals surface area (Å²) in [6.07, 6.45) is 0.600. The van der Waals surface area contributed by atoms with Crippen LogP contribution in [0.4, 0.5) is 0 Å². The number of hydrogen-bond donors (Lipinski definition) is 2. The number of nitrogens with two attached hydrogens (primary N) is 1. The van der Waals surface area contributed by atoms with Crippen LogP contribution in [0.3, 0.4) is 0 Å². The Balaban J connectivity index is 4.33. The molecule has 15 heavy (non-hydrogen) atoms. The van der Waals surface area contributed by atoms with Crippen LogP contribution in [0.25, 0.3) is 0 Å². The molecule has 0 spiro atoms. The molecular formula is C10H20N2O3. The molecule has 0 aliphatic heterocycles. The van der Waals surface area contributed by atoms with E-state index in [0.717, 1.165) is 0 Å². The minimum absolute atomic E-state index is 0.184. The van der Waals surface area contributed by atoms with E-state index in [1.807, 2.05) is 0 Å². The molecule has 5 heteroatoms. The maximum Gasteiger partial charge on any atom is 0.330 e. The third kappa shape index (κ3) is 4.29. The average Bonchev–Trinajstić information content (AvgIpc) is 2.16. The molecule has 0 radical (unpaired) electrons. The highest BCUT2D eigenvalue weighted by molar-refractivity contribution is 5.88. The average molecular weight is 216 g/mol. The van der Waals surface area contributed by atoms with Gasteiger partial charge >= 0.3 is 5.97 Å². The molecule has 1 amide bonds. The van der Waals surface area contributed by atoms with Crippen LogP contribution in [0.2, 0.25) is 0 Å². The number of rotatable bonds is 5. The van der Waals surface area contributed by atoms with E-state index in [4.69, 9.17) is 5.73 Å². The van der Waals surface area contributed by atoms with Crippen molar-refractivity contribution < 1.29 is 14.3 Å². The smallest absolute Gasteiger partial charge is 0.330 e. The molecule has 0 heterocycles. The van der Waals surface area contributed by atoms with Crippen molar-refractivity contribution in [3.05, 3.63) is 0 Å². The van der Waals surface area contributed by atoms with Crippen LogP contribution in [0.15, 0.2) is 0 Å². The summed E-state index contributed by atoms with van der Waals surface area (Å²) in [5, 5.41) is 2.62. The van der Waals surface area contributed by atoms with Gasteiger partial charge in [-0.15, -0.1) is 0 Å². The fourth-order valence-corrected chi connectivity index (χ4v) is 1.12. The summed E-state index contributed by atoms with van der Waals surface area (Å²) in [5.74, 6) is -0.842. The number of hydrogen-bond acceptors (Lipinski definition) is 4. The molecule has 0 fully saturated rings. The van der Waals surface area contributed by atoms with Gasteiger partial charge in [-0.2, -0.15) is 0 Å². The first-order chi connectivity index (χ1) is 6.85. The molecule has 0 rings (SSSR count). The first-order valence-electron chi connectivity index (χ1n) is 4.95. The molecule has 1 unspecified atom stereocenters. The summed E-state index contributed by atoms with van der Waals surface area (Å²) in [5.41, 5.74) is 4.35. The van der Waals surface area contributed by atoms with Gasteiger partial charge in [-0.3, -0.25) is 4.79 Å². The van der Waals surface area contributed by atoms with E-state index >= 15 is 0 Å². The summed E-state index contributed by atoms with van der Waals surface area (Å²) in [7, 11) is 1.29. The van der Waals surface area contributed by atoms with Gasteiger partial charge in [0.1, 0.15) is 5.54 Å². The third-order valence-corrected chi connectivity index (χ3v) is 2.18. The van der Waals surface area contributed by atoms with Gasteiger partial charge in [0.2, 0.25) is 5.91 Å². The zero-order valence-electron chi connectivity index (χ0n) is 9.79. The fraction of sp³-hybridized carbons (Fsp3) is 0.800. The highest BCUT2D eigenvalue weighted by atomic mass is 16.5. The summed E-state index contributed by atoms with van der Waals surface area (Å²) in [4.78, 5) is 22.9. The Morgan fingerprint density at radius 1 is 1.47 bits per heavy atom. The second kappa shape index (κ2) is 5.70. The van der Waals surface area contributed by atoms with Gasteiger partial charge < -0.3 is 15.8 Å². The Hall–Kier alpha value is -1.10. The number of methoxy groups -OCH3 is 1. The SMILES string of the molecule is COC(=O)C(C)(C)NC(=O)C(C)CCN. The first kappa shape index (κ1) is 13.9. The maximum absolute atomic E-state index is 11.6. The van der Waals surface area contributed by atoms with Crippen molar-refractivity contribution in [3.63, 3.8) is 0 Å². The predicted molar refractivity (Wildman–Crippen MR) is 57.1 cm³/mol. The molecule has 88 valence electrons. The van der Waals surface area contributed by atoms with E-state index in [1.165, 1.54) is 7.11 Å².